The van der Waals surface area contributed by atoms with Crippen molar-refractivity contribution in [2.24, 2.45) is 0 Å². The summed E-state index contributed by atoms with van der Waals surface area (Å²) in [7, 11) is 1.53. The SMILES string of the molecule is CCn1ncc(Cl)c1C(O)c1ccncc1OC. The Labute approximate surface area is 110 Å². The van der Waals surface area contributed by atoms with Crippen LogP contribution in [0.15, 0.2) is 24.7 Å². The minimum Gasteiger partial charge on any atom is -0.495 e. The van der Waals surface area contributed by atoms with Crippen LogP contribution in [0.4, 0.5) is 0 Å². The topological polar surface area (TPSA) is 60.2 Å². The molecule has 2 aromatic rings. The molecule has 0 aliphatic rings. The highest BCUT2D eigenvalue weighted by molar-refractivity contribution is 6.31. The molecule has 0 aliphatic carbocycles. The molecular weight excluding hydrogens is 254 g/mol. The second kappa shape index (κ2) is 5.37. The standard InChI is InChI=1S/C12H14ClN3O2/c1-3-16-11(9(13)6-15-16)12(17)8-4-5-14-7-10(8)18-2/h4-7,12,17H,3H2,1-2H3. The molecule has 5 nitrogen and oxygen atoms in total. The van der Waals surface area contributed by atoms with Crippen molar-refractivity contribution in [2.75, 3.05) is 7.11 Å². The lowest BCUT2D eigenvalue weighted by molar-refractivity contribution is 0.203. The predicted octanol–water partition coefficient (Wildman–Crippen LogP) is 2.04. The summed E-state index contributed by atoms with van der Waals surface area (Å²) in [6.07, 6.45) is 3.79. The zero-order valence-electron chi connectivity index (χ0n) is 10.2. The van der Waals surface area contributed by atoms with Gasteiger partial charge in [0.05, 0.1) is 30.2 Å². The first kappa shape index (κ1) is 12.9. The first-order valence-electron chi connectivity index (χ1n) is 5.56. The first-order chi connectivity index (χ1) is 8.69. The summed E-state index contributed by atoms with van der Waals surface area (Å²) in [5.41, 5.74) is 1.17. The zero-order chi connectivity index (χ0) is 13.1. The van der Waals surface area contributed by atoms with Gasteiger partial charge in [-0.2, -0.15) is 5.10 Å². The number of rotatable bonds is 4. The molecule has 18 heavy (non-hydrogen) atoms. The minimum absolute atomic E-state index is 0.434. The number of nitrogens with zero attached hydrogens (tertiary/aromatic N) is 3. The largest absolute Gasteiger partial charge is 0.495 e. The minimum atomic E-state index is -0.891. The molecule has 1 unspecified atom stereocenters. The molecule has 0 saturated carbocycles. The summed E-state index contributed by atoms with van der Waals surface area (Å²) in [6.45, 7) is 2.57. The van der Waals surface area contributed by atoms with Gasteiger partial charge in [-0.3, -0.25) is 9.67 Å². The van der Waals surface area contributed by atoms with E-state index in [9.17, 15) is 5.11 Å². The van der Waals surface area contributed by atoms with Crippen LogP contribution in [0.2, 0.25) is 5.02 Å². The van der Waals surface area contributed by atoms with Crippen molar-refractivity contribution < 1.29 is 9.84 Å². The fourth-order valence-electron chi connectivity index (χ4n) is 1.83. The number of halogens is 1. The Bertz CT molecular complexity index is 542. The van der Waals surface area contributed by atoms with E-state index in [1.54, 1.807) is 23.1 Å². The Morgan fingerprint density at radius 3 is 2.94 bits per heavy atom. The number of methoxy groups -OCH3 is 1. The molecule has 1 atom stereocenters. The van der Waals surface area contributed by atoms with Gasteiger partial charge >= 0.3 is 0 Å². The van der Waals surface area contributed by atoms with E-state index in [1.165, 1.54) is 13.3 Å². The van der Waals surface area contributed by atoms with Crippen molar-refractivity contribution in [3.05, 3.63) is 40.9 Å². The lowest BCUT2D eigenvalue weighted by Crippen LogP contribution is -2.10. The summed E-state index contributed by atoms with van der Waals surface area (Å²) >= 11 is 6.06. The van der Waals surface area contributed by atoms with Crippen molar-refractivity contribution in [3.63, 3.8) is 0 Å². The maximum absolute atomic E-state index is 10.4. The fraction of sp³-hybridized carbons (Fsp3) is 0.333. The van der Waals surface area contributed by atoms with Gasteiger partial charge in [-0.1, -0.05) is 11.6 Å². The van der Waals surface area contributed by atoms with Gasteiger partial charge in [0, 0.05) is 18.3 Å². The molecular formula is C12H14ClN3O2. The van der Waals surface area contributed by atoms with Crippen LogP contribution in [-0.2, 0) is 6.54 Å². The third kappa shape index (κ3) is 2.19. The van der Waals surface area contributed by atoms with Crippen LogP contribution in [0.1, 0.15) is 24.3 Å². The molecule has 96 valence electrons. The predicted molar refractivity (Wildman–Crippen MR) is 67.8 cm³/mol. The highest BCUT2D eigenvalue weighted by Gasteiger charge is 2.22. The fourth-order valence-corrected chi connectivity index (χ4v) is 2.07. The third-order valence-electron chi connectivity index (χ3n) is 2.72. The molecule has 2 heterocycles. The van der Waals surface area contributed by atoms with Crippen molar-refractivity contribution in [3.8, 4) is 5.75 Å². The normalized spacial score (nSPS) is 12.4. The van der Waals surface area contributed by atoms with Gasteiger partial charge in [-0.25, -0.2) is 0 Å². The number of hydrogen-bond donors (Lipinski definition) is 1. The van der Waals surface area contributed by atoms with Gasteiger partial charge in [-0.05, 0) is 13.0 Å². The smallest absolute Gasteiger partial charge is 0.143 e. The Balaban J connectivity index is 2.47. The first-order valence-corrected chi connectivity index (χ1v) is 5.94. The summed E-state index contributed by atoms with van der Waals surface area (Å²) in [5.74, 6) is 0.518. The van der Waals surface area contributed by atoms with Crippen molar-refractivity contribution >= 4 is 11.6 Å². The van der Waals surface area contributed by atoms with E-state index in [0.29, 0.717) is 28.6 Å². The number of ether oxygens (including phenoxy) is 1. The number of pyridine rings is 1. The molecule has 0 spiro atoms. The van der Waals surface area contributed by atoms with Gasteiger partial charge in [0.15, 0.2) is 0 Å². The van der Waals surface area contributed by atoms with Crippen LogP contribution >= 0.6 is 11.6 Å². The second-order valence-corrected chi connectivity index (χ2v) is 4.12. The van der Waals surface area contributed by atoms with Crippen LogP contribution < -0.4 is 4.74 Å². The molecule has 0 bridgehead atoms. The van der Waals surface area contributed by atoms with E-state index in [1.807, 2.05) is 6.92 Å². The van der Waals surface area contributed by atoms with Gasteiger partial charge < -0.3 is 9.84 Å². The summed E-state index contributed by atoms with van der Waals surface area (Å²) < 4.78 is 6.84. The summed E-state index contributed by atoms with van der Waals surface area (Å²) in [5, 5.41) is 15.0. The van der Waals surface area contributed by atoms with Gasteiger partial charge in [-0.15, -0.1) is 0 Å². The number of aliphatic hydroxyl groups excluding tert-OH is 1. The van der Waals surface area contributed by atoms with E-state index in [2.05, 4.69) is 10.1 Å². The summed E-state index contributed by atoms with van der Waals surface area (Å²) in [6, 6.07) is 1.70. The van der Waals surface area contributed by atoms with Gasteiger partial charge in [0.1, 0.15) is 11.9 Å². The molecule has 0 radical (unpaired) electrons. The van der Waals surface area contributed by atoms with E-state index in [0.717, 1.165) is 0 Å². The molecule has 0 fully saturated rings. The zero-order valence-corrected chi connectivity index (χ0v) is 10.9. The van der Waals surface area contributed by atoms with Crippen LogP contribution in [0.25, 0.3) is 0 Å². The highest BCUT2D eigenvalue weighted by atomic mass is 35.5. The third-order valence-corrected chi connectivity index (χ3v) is 3.01. The monoisotopic (exact) mass is 267 g/mol. The molecule has 1 N–H and O–H groups in total. The van der Waals surface area contributed by atoms with Gasteiger partial charge in [0.2, 0.25) is 0 Å². The van der Waals surface area contributed by atoms with Crippen LogP contribution in [-0.4, -0.2) is 27.0 Å². The Morgan fingerprint density at radius 1 is 1.50 bits per heavy atom. The lowest BCUT2D eigenvalue weighted by atomic mass is 10.1. The van der Waals surface area contributed by atoms with Crippen LogP contribution in [0.5, 0.6) is 5.75 Å². The Hall–Kier alpha value is -1.59. The molecule has 0 amide bonds. The van der Waals surface area contributed by atoms with E-state index in [-0.39, 0.29) is 0 Å². The molecule has 0 saturated heterocycles. The van der Waals surface area contributed by atoms with E-state index >= 15 is 0 Å². The molecule has 0 aromatic carbocycles. The van der Waals surface area contributed by atoms with E-state index < -0.39 is 6.10 Å². The van der Waals surface area contributed by atoms with Crippen molar-refractivity contribution in [2.45, 2.75) is 19.6 Å². The highest BCUT2D eigenvalue weighted by Crippen LogP contribution is 2.32. The quantitative estimate of drug-likeness (QED) is 0.921. The average molecular weight is 268 g/mol. The number of aromatic nitrogens is 3. The molecule has 2 aromatic heterocycles. The molecule has 6 heteroatoms. The van der Waals surface area contributed by atoms with E-state index in [4.69, 9.17) is 16.3 Å². The Kier molecular flexibility index (Phi) is 3.84. The van der Waals surface area contributed by atoms with Crippen LogP contribution in [0, 0.1) is 0 Å². The Morgan fingerprint density at radius 2 is 2.28 bits per heavy atom. The van der Waals surface area contributed by atoms with Crippen LogP contribution in [0.3, 0.4) is 0 Å². The lowest BCUT2D eigenvalue weighted by Gasteiger charge is -2.15. The average Bonchev–Trinajstić information content (AvgIpc) is 2.79. The molecule has 0 aliphatic heterocycles. The molecule has 2 rings (SSSR count). The maximum atomic E-state index is 10.4. The summed E-state index contributed by atoms with van der Waals surface area (Å²) in [4.78, 5) is 3.95. The van der Waals surface area contributed by atoms with Gasteiger partial charge in [0.25, 0.3) is 0 Å². The second-order valence-electron chi connectivity index (χ2n) is 3.71. The number of aryl methyl sites for hydroxylation is 1. The number of hydrogen-bond acceptors (Lipinski definition) is 4. The van der Waals surface area contributed by atoms with Crippen molar-refractivity contribution in [1.82, 2.24) is 14.8 Å². The number of aliphatic hydroxyl groups is 1. The van der Waals surface area contributed by atoms with Crippen molar-refractivity contribution in [1.29, 1.82) is 0 Å². The maximum Gasteiger partial charge on any atom is 0.143 e.